The van der Waals surface area contributed by atoms with E-state index in [1.807, 2.05) is 99.8 Å². The number of fused-ring (bicyclic) bond motifs is 2. The third-order valence-corrected chi connectivity index (χ3v) is 11.9. The van der Waals surface area contributed by atoms with Gasteiger partial charge in [0, 0.05) is 47.1 Å². The van der Waals surface area contributed by atoms with Crippen LogP contribution in [0.2, 0.25) is 0 Å². The molecular formula is C42H48N5O10S+. The molecule has 2 atom stereocenters. The first kappa shape index (κ1) is 41.8. The third kappa shape index (κ3) is 7.62. The Labute approximate surface area is 337 Å². The quantitative estimate of drug-likeness (QED) is 0.0435. The zero-order valence-electron chi connectivity index (χ0n) is 33.6. The van der Waals surface area contributed by atoms with Crippen molar-refractivity contribution in [2.24, 2.45) is 0 Å². The summed E-state index contributed by atoms with van der Waals surface area (Å²) in [6.07, 6.45) is 2.36. The lowest BCUT2D eigenvalue weighted by Crippen LogP contribution is -2.51. The van der Waals surface area contributed by atoms with Gasteiger partial charge in [-0.15, -0.1) is 0 Å². The summed E-state index contributed by atoms with van der Waals surface area (Å²) in [6, 6.07) is 16.6. The van der Waals surface area contributed by atoms with E-state index in [0.29, 0.717) is 0 Å². The van der Waals surface area contributed by atoms with Crippen molar-refractivity contribution in [2.45, 2.75) is 57.6 Å². The molecule has 16 heteroatoms. The van der Waals surface area contributed by atoms with E-state index in [1.165, 1.54) is 20.1 Å². The number of nitro benzene ring substituents is 1. The Balaban J connectivity index is 1.34. The number of carbonyl (C=O) groups excluding carboxylic acids is 2. The molecule has 306 valence electrons. The molecule has 2 heterocycles. The fraction of sp³-hybridized carbons (Fsp3) is 0.357. The fourth-order valence-electron chi connectivity index (χ4n) is 8.03. The van der Waals surface area contributed by atoms with Gasteiger partial charge in [-0.3, -0.25) is 24.3 Å². The van der Waals surface area contributed by atoms with Crippen LogP contribution in [0.25, 0.3) is 0 Å². The van der Waals surface area contributed by atoms with E-state index in [-0.39, 0.29) is 52.8 Å². The number of nitrogens with one attached hydrogen (secondary N) is 2. The van der Waals surface area contributed by atoms with Crippen molar-refractivity contribution in [3.63, 3.8) is 0 Å². The summed E-state index contributed by atoms with van der Waals surface area (Å²) in [6.45, 7) is 9.14. The molecule has 3 aliphatic rings. The molecule has 2 aliphatic heterocycles. The number of Topliss-reactive ketones (excluding diaryl/α,β-unsaturated/α-hetero) is 1. The van der Waals surface area contributed by atoms with Crippen LogP contribution in [0, 0.1) is 10.1 Å². The highest BCUT2D eigenvalue weighted by molar-refractivity contribution is 7.85. The van der Waals surface area contributed by atoms with Crippen LogP contribution < -0.4 is 25.0 Å². The molecule has 15 nitrogen and oxygen atoms in total. The lowest BCUT2D eigenvalue weighted by Gasteiger charge is -2.31. The molecule has 0 bridgehead atoms. The van der Waals surface area contributed by atoms with Gasteiger partial charge in [-0.1, -0.05) is 50.2 Å². The number of likely N-dealkylation sites (N-methyl/N-ethyl adjacent to an activating group) is 1. The van der Waals surface area contributed by atoms with Gasteiger partial charge in [-0.2, -0.15) is 13.0 Å². The van der Waals surface area contributed by atoms with Crippen molar-refractivity contribution in [2.75, 3.05) is 45.0 Å². The standard InChI is InChI=1S/C42H47N5O10S/c1-24(48)25-19-34(56-8)35(22-33(25)47(51)52)57-18-17-43-40(50)30(23-58(53,54)55)44-38-26(20-36-41(2,3)28-13-9-11-15-31(28)45(36)6)39(49)27(38)21-37-42(4,5)29-14-10-12-16-32(29)46(37)7/h9-16,19-22,24,30,48H,17-18,23H2,1-8H3,(H2-,43,44,49,50,53,54,55)/p+1. The summed E-state index contributed by atoms with van der Waals surface area (Å²) in [5.74, 6) is -2.08. The second-order valence-corrected chi connectivity index (χ2v) is 17.1. The smallest absolute Gasteiger partial charge is 0.279 e. The van der Waals surface area contributed by atoms with Crippen molar-refractivity contribution in [3.8, 4) is 11.5 Å². The zero-order valence-corrected chi connectivity index (χ0v) is 34.4. The minimum Gasteiger partial charge on any atom is -0.493 e. The Kier molecular flexibility index (Phi) is 11.2. The largest absolute Gasteiger partial charge is 0.493 e. The Morgan fingerprint density at radius 1 is 1.03 bits per heavy atom. The molecule has 4 N–H and O–H groups in total. The molecule has 6 rings (SSSR count). The number of benzene rings is 3. The normalized spacial score (nSPS) is 19.1. The molecule has 1 aliphatic carbocycles. The molecule has 3 aromatic carbocycles. The van der Waals surface area contributed by atoms with E-state index in [2.05, 4.69) is 10.6 Å². The van der Waals surface area contributed by atoms with Gasteiger partial charge in [0.1, 0.15) is 25.4 Å². The van der Waals surface area contributed by atoms with Crippen LogP contribution >= 0.6 is 0 Å². The molecule has 0 saturated heterocycles. The van der Waals surface area contributed by atoms with E-state index < -0.39 is 55.4 Å². The second-order valence-electron chi connectivity index (χ2n) is 15.6. The van der Waals surface area contributed by atoms with Gasteiger partial charge in [-0.05, 0) is 44.5 Å². The number of rotatable bonds is 14. The molecule has 0 radical (unpaired) electrons. The molecule has 0 spiro atoms. The second kappa shape index (κ2) is 15.5. The van der Waals surface area contributed by atoms with Crippen LogP contribution in [0.3, 0.4) is 0 Å². The number of nitrogens with zero attached hydrogens (tertiary/aromatic N) is 3. The number of amides is 1. The Morgan fingerprint density at radius 3 is 2.29 bits per heavy atom. The summed E-state index contributed by atoms with van der Waals surface area (Å²) >= 11 is 0. The lowest BCUT2D eigenvalue weighted by molar-refractivity contribution is -0.401. The number of hydrogen-bond acceptors (Lipinski definition) is 11. The molecular weight excluding hydrogens is 767 g/mol. The van der Waals surface area contributed by atoms with E-state index in [1.54, 1.807) is 12.2 Å². The zero-order chi connectivity index (χ0) is 42.5. The van der Waals surface area contributed by atoms with Gasteiger partial charge < -0.3 is 30.1 Å². The van der Waals surface area contributed by atoms with Gasteiger partial charge >= 0.3 is 0 Å². The number of anilines is 1. The van der Waals surface area contributed by atoms with Crippen molar-refractivity contribution < 1.29 is 46.6 Å². The molecule has 58 heavy (non-hydrogen) atoms. The van der Waals surface area contributed by atoms with Crippen molar-refractivity contribution in [3.05, 3.63) is 122 Å². The molecule has 1 amide bonds. The number of ether oxygens (including phenoxy) is 2. The minimum absolute atomic E-state index is 0.0209. The Bertz CT molecular complexity index is 2460. The maximum Gasteiger partial charge on any atom is 0.279 e. The highest BCUT2D eigenvalue weighted by Crippen LogP contribution is 2.48. The number of hydrogen-bond donors (Lipinski definition) is 4. The van der Waals surface area contributed by atoms with Gasteiger partial charge in [0.2, 0.25) is 11.6 Å². The SMILES string of the molecule is COc1cc(C(C)O)c([N+](=O)[O-])cc1OCCNC(=O)C(CS(=O)(=O)O)NC1=C(/C=C2/N(C)c3ccccc3C2(C)C)C(=O)/C1=C\C1=[N+](C)c2ccccc2C1(C)C. The summed E-state index contributed by atoms with van der Waals surface area (Å²) < 4.78 is 47.8. The highest BCUT2D eigenvalue weighted by atomic mass is 32.2. The number of para-hydroxylation sites is 2. The van der Waals surface area contributed by atoms with Crippen LogP contribution in [0.15, 0.2) is 95.4 Å². The van der Waals surface area contributed by atoms with E-state index >= 15 is 0 Å². The maximum atomic E-state index is 14.3. The number of carbonyl (C=O) groups is 2. The van der Waals surface area contributed by atoms with Gasteiger partial charge in [0.05, 0.1) is 53.0 Å². The van der Waals surface area contributed by atoms with Crippen LogP contribution in [-0.4, -0.2) is 91.1 Å². The fourth-order valence-corrected chi connectivity index (χ4v) is 8.69. The third-order valence-electron chi connectivity index (χ3n) is 11.1. The monoisotopic (exact) mass is 814 g/mol. The summed E-state index contributed by atoms with van der Waals surface area (Å²) in [5, 5.41) is 27.3. The first-order valence-electron chi connectivity index (χ1n) is 18.6. The number of aliphatic hydroxyl groups is 1. The van der Waals surface area contributed by atoms with Crippen molar-refractivity contribution in [1.29, 1.82) is 0 Å². The molecule has 2 unspecified atom stereocenters. The lowest BCUT2D eigenvalue weighted by atomic mass is 9.77. The molecule has 3 aromatic rings. The molecule has 0 fully saturated rings. The summed E-state index contributed by atoms with van der Waals surface area (Å²) in [4.78, 5) is 41.1. The molecule has 0 saturated carbocycles. The van der Waals surface area contributed by atoms with Crippen molar-refractivity contribution >= 4 is 44.6 Å². The van der Waals surface area contributed by atoms with Gasteiger partial charge in [0.15, 0.2) is 23.0 Å². The van der Waals surface area contributed by atoms with Crippen molar-refractivity contribution in [1.82, 2.24) is 10.6 Å². The topological polar surface area (TPSA) is 201 Å². The van der Waals surface area contributed by atoms with Crippen LogP contribution in [0.4, 0.5) is 17.1 Å². The van der Waals surface area contributed by atoms with E-state index in [9.17, 15) is 37.8 Å². The number of methoxy groups -OCH3 is 1. The predicted molar refractivity (Wildman–Crippen MR) is 219 cm³/mol. The first-order valence-corrected chi connectivity index (χ1v) is 20.2. The summed E-state index contributed by atoms with van der Waals surface area (Å²) in [7, 11) is 0.392. The predicted octanol–water partition coefficient (Wildman–Crippen LogP) is 4.78. The number of allylic oxidation sites excluding steroid dienone is 5. The maximum absolute atomic E-state index is 14.3. The first-order chi connectivity index (χ1) is 27.2. The summed E-state index contributed by atoms with van der Waals surface area (Å²) in [5.41, 5.74) is 4.96. The Morgan fingerprint density at radius 2 is 1.69 bits per heavy atom. The van der Waals surface area contributed by atoms with E-state index in [0.717, 1.165) is 40.0 Å². The van der Waals surface area contributed by atoms with Crippen LogP contribution in [0.5, 0.6) is 11.5 Å². The minimum atomic E-state index is -4.74. The highest BCUT2D eigenvalue weighted by Gasteiger charge is 2.46. The van der Waals surface area contributed by atoms with Gasteiger partial charge in [0.25, 0.3) is 15.8 Å². The van der Waals surface area contributed by atoms with Crippen LogP contribution in [-0.2, 0) is 30.5 Å². The van der Waals surface area contributed by atoms with E-state index in [4.69, 9.17) is 9.47 Å². The number of ketones is 1. The average molecular weight is 815 g/mol. The molecule has 0 aromatic heterocycles. The van der Waals surface area contributed by atoms with Crippen LogP contribution in [0.1, 0.15) is 57.4 Å². The average Bonchev–Trinajstić information content (AvgIpc) is 3.48. The number of aliphatic hydroxyl groups excluding tert-OH is 1. The number of nitro groups is 1. The Hall–Kier alpha value is -5.84. The van der Waals surface area contributed by atoms with Gasteiger partial charge in [-0.25, -0.2) is 0 Å².